The van der Waals surface area contributed by atoms with Crippen LogP contribution in [0.25, 0.3) is 99.8 Å². The molecule has 0 unspecified atom stereocenters. The van der Waals surface area contributed by atoms with E-state index in [2.05, 4.69) is 223 Å². The molecule has 3 aromatic heterocycles. The van der Waals surface area contributed by atoms with E-state index in [1.807, 2.05) is 0 Å². The van der Waals surface area contributed by atoms with Crippen molar-refractivity contribution in [2.45, 2.75) is 19.3 Å². The Morgan fingerprint density at radius 1 is 0.339 bits per heavy atom. The van der Waals surface area contributed by atoms with E-state index in [0.29, 0.717) is 0 Å². The molecule has 0 saturated heterocycles. The van der Waals surface area contributed by atoms with Gasteiger partial charge in [0.1, 0.15) is 0 Å². The number of para-hydroxylation sites is 2. The van der Waals surface area contributed by atoms with Crippen LogP contribution in [0, 0.1) is 0 Å². The molecule has 3 heterocycles. The summed E-state index contributed by atoms with van der Waals surface area (Å²) >= 11 is 0. The molecule has 11 aromatic rings. The second-order valence-corrected chi connectivity index (χ2v) is 16.4. The maximum Gasteiger partial charge on any atom is 0.0730 e. The zero-order valence-electron chi connectivity index (χ0n) is 32.9. The van der Waals surface area contributed by atoms with Gasteiger partial charge in [-0.2, -0.15) is 0 Å². The lowest BCUT2D eigenvalue weighted by atomic mass is 9.82. The Morgan fingerprint density at radius 2 is 0.814 bits per heavy atom. The number of pyridine rings is 1. The Balaban J connectivity index is 1.02. The van der Waals surface area contributed by atoms with E-state index in [1.54, 1.807) is 0 Å². The zero-order chi connectivity index (χ0) is 39.2. The van der Waals surface area contributed by atoms with E-state index in [9.17, 15) is 0 Å². The van der Waals surface area contributed by atoms with Crippen molar-refractivity contribution in [1.29, 1.82) is 0 Å². The molecule has 12 rings (SSSR count). The van der Waals surface area contributed by atoms with Crippen LogP contribution >= 0.6 is 0 Å². The highest BCUT2D eigenvalue weighted by atomic mass is 15.0. The number of fused-ring (bicyclic) bond motifs is 9. The second kappa shape index (κ2) is 12.8. The van der Waals surface area contributed by atoms with Crippen molar-refractivity contribution in [2.24, 2.45) is 0 Å². The fourth-order valence-electron chi connectivity index (χ4n) is 9.87. The van der Waals surface area contributed by atoms with Crippen LogP contribution < -0.4 is 0 Å². The second-order valence-electron chi connectivity index (χ2n) is 16.4. The van der Waals surface area contributed by atoms with Gasteiger partial charge >= 0.3 is 0 Å². The molecule has 0 radical (unpaired) electrons. The first-order valence-electron chi connectivity index (χ1n) is 20.5. The largest absolute Gasteiger partial charge is 0.309 e. The van der Waals surface area contributed by atoms with Crippen LogP contribution in [0.2, 0.25) is 0 Å². The van der Waals surface area contributed by atoms with Crippen molar-refractivity contribution in [3.05, 3.63) is 211 Å². The Labute approximate surface area is 343 Å². The minimum absolute atomic E-state index is 0.0257. The van der Waals surface area contributed by atoms with Crippen molar-refractivity contribution >= 4 is 43.6 Å². The lowest BCUT2D eigenvalue weighted by Gasteiger charge is -2.21. The van der Waals surface area contributed by atoms with Crippen LogP contribution in [0.1, 0.15) is 25.0 Å². The first kappa shape index (κ1) is 33.6. The van der Waals surface area contributed by atoms with Crippen LogP contribution in [0.3, 0.4) is 0 Å². The number of hydrogen-bond acceptors (Lipinski definition) is 1. The van der Waals surface area contributed by atoms with Gasteiger partial charge in [-0.1, -0.05) is 153 Å². The van der Waals surface area contributed by atoms with Crippen molar-refractivity contribution < 1.29 is 0 Å². The van der Waals surface area contributed by atoms with Gasteiger partial charge < -0.3 is 9.13 Å². The lowest BCUT2D eigenvalue weighted by Crippen LogP contribution is -2.14. The summed E-state index contributed by atoms with van der Waals surface area (Å²) in [5, 5.41) is 4.95. The molecule has 0 amide bonds. The van der Waals surface area contributed by atoms with Gasteiger partial charge in [0.15, 0.2) is 0 Å². The monoisotopic (exact) mass is 753 g/mol. The molecule has 8 aromatic carbocycles. The van der Waals surface area contributed by atoms with E-state index in [4.69, 9.17) is 4.98 Å². The third kappa shape index (κ3) is 5.11. The number of rotatable bonds is 5. The van der Waals surface area contributed by atoms with Gasteiger partial charge in [-0.3, -0.25) is 0 Å². The summed E-state index contributed by atoms with van der Waals surface area (Å²) in [5.74, 6) is 0. The molecule has 1 aliphatic carbocycles. The molecule has 3 heteroatoms. The Morgan fingerprint density at radius 3 is 1.41 bits per heavy atom. The highest BCUT2D eigenvalue weighted by Gasteiger charge is 2.35. The van der Waals surface area contributed by atoms with Gasteiger partial charge in [0.05, 0.1) is 39.1 Å². The Bertz CT molecular complexity index is 3400. The zero-order valence-corrected chi connectivity index (χ0v) is 32.9. The average Bonchev–Trinajstić information content (AvgIpc) is 3.89. The van der Waals surface area contributed by atoms with E-state index in [-0.39, 0.29) is 5.41 Å². The fraction of sp³-hybridized carbons (Fsp3) is 0.0536. The molecule has 0 fully saturated rings. The molecular weight excluding hydrogens is 715 g/mol. The third-order valence-corrected chi connectivity index (χ3v) is 12.7. The molecule has 0 aliphatic heterocycles. The van der Waals surface area contributed by atoms with Crippen molar-refractivity contribution in [1.82, 2.24) is 14.1 Å². The number of aromatic nitrogens is 3. The topological polar surface area (TPSA) is 22.8 Å². The smallest absolute Gasteiger partial charge is 0.0730 e. The lowest BCUT2D eigenvalue weighted by molar-refractivity contribution is 0.660. The quantitative estimate of drug-likeness (QED) is 0.172. The summed E-state index contributed by atoms with van der Waals surface area (Å²) in [6.45, 7) is 4.69. The predicted molar refractivity (Wildman–Crippen MR) is 247 cm³/mol. The number of benzene rings is 8. The van der Waals surface area contributed by atoms with E-state index >= 15 is 0 Å². The minimum Gasteiger partial charge on any atom is -0.309 e. The van der Waals surface area contributed by atoms with Gasteiger partial charge in [0, 0.05) is 43.8 Å². The molecule has 0 bridgehead atoms. The predicted octanol–water partition coefficient (Wildman–Crippen LogP) is 14.6. The first-order valence-corrected chi connectivity index (χ1v) is 20.5. The summed E-state index contributed by atoms with van der Waals surface area (Å²) in [6.07, 6.45) is 0. The van der Waals surface area contributed by atoms with Crippen LogP contribution in [0.15, 0.2) is 200 Å². The van der Waals surface area contributed by atoms with E-state index in [1.165, 1.54) is 82.7 Å². The average molecular weight is 754 g/mol. The third-order valence-electron chi connectivity index (χ3n) is 12.7. The summed E-state index contributed by atoms with van der Waals surface area (Å²) < 4.78 is 4.85. The molecule has 0 N–H and O–H groups in total. The minimum atomic E-state index is -0.0257. The van der Waals surface area contributed by atoms with Gasteiger partial charge in [0.2, 0.25) is 0 Å². The van der Waals surface area contributed by atoms with Crippen LogP contribution in [-0.2, 0) is 5.41 Å². The summed E-state index contributed by atoms with van der Waals surface area (Å²) in [4.78, 5) is 5.18. The highest BCUT2D eigenvalue weighted by molar-refractivity contribution is 6.13. The molecule has 278 valence electrons. The van der Waals surface area contributed by atoms with Crippen LogP contribution in [-0.4, -0.2) is 14.1 Å². The van der Waals surface area contributed by atoms with E-state index in [0.717, 1.165) is 28.2 Å². The molecule has 0 spiro atoms. The van der Waals surface area contributed by atoms with Crippen LogP contribution in [0.5, 0.6) is 0 Å². The Hall–Kier alpha value is -7.49. The van der Waals surface area contributed by atoms with Gasteiger partial charge in [-0.05, 0) is 94.0 Å². The standard InChI is InChI=1S/C56H39N3/c1-56(2)48-22-12-9-19-42(48)45-33-40(27-28-49(45)56)58-52-23-13-10-20-43(52)46-31-38(25-29-54(46)58)39-26-30-55-47(32-39)44-21-11-14-24-53(44)59(55)41-34-50(36-15-5-3-6-16-36)57-51(35-41)37-17-7-4-8-18-37/h3-35H,1-2H3. The van der Waals surface area contributed by atoms with Gasteiger partial charge in [0.25, 0.3) is 0 Å². The molecular formula is C56H39N3. The van der Waals surface area contributed by atoms with Crippen molar-refractivity contribution in [3.8, 4) is 56.1 Å². The van der Waals surface area contributed by atoms with Crippen LogP contribution in [0.4, 0.5) is 0 Å². The summed E-state index contributed by atoms with van der Waals surface area (Å²) in [5.41, 5.74) is 18.9. The summed E-state index contributed by atoms with van der Waals surface area (Å²) in [6, 6.07) is 73.0. The number of hydrogen-bond donors (Lipinski definition) is 0. The molecule has 0 saturated carbocycles. The molecule has 1 aliphatic rings. The normalized spacial score (nSPS) is 13.1. The van der Waals surface area contributed by atoms with Gasteiger partial charge in [-0.25, -0.2) is 4.98 Å². The molecule has 3 nitrogen and oxygen atoms in total. The van der Waals surface area contributed by atoms with Crippen molar-refractivity contribution in [2.75, 3.05) is 0 Å². The summed E-state index contributed by atoms with van der Waals surface area (Å²) in [7, 11) is 0. The highest BCUT2D eigenvalue weighted by Crippen LogP contribution is 2.49. The van der Waals surface area contributed by atoms with E-state index < -0.39 is 0 Å². The molecule has 0 atom stereocenters. The maximum absolute atomic E-state index is 5.18. The SMILES string of the molecule is CC1(C)c2ccccc2-c2cc(-n3c4ccccc4c4cc(-c5ccc6c(c5)c5ccccc5n6-c5cc(-c6ccccc6)nc(-c6ccccc6)c5)ccc43)ccc21. The van der Waals surface area contributed by atoms with Crippen molar-refractivity contribution in [3.63, 3.8) is 0 Å². The number of nitrogens with zero attached hydrogens (tertiary/aromatic N) is 3. The Kier molecular flexibility index (Phi) is 7.27. The fourth-order valence-corrected chi connectivity index (χ4v) is 9.87. The maximum atomic E-state index is 5.18. The first-order chi connectivity index (χ1) is 29.0. The van der Waals surface area contributed by atoms with Gasteiger partial charge in [-0.15, -0.1) is 0 Å². The molecule has 59 heavy (non-hydrogen) atoms.